The quantitative estimate of drug-likeness (QED) is 0.0403. The van der Waals surface area contributed by atoms with Crippen LogP contribution < -0.4 is 5.43 Å². The number of ketones is 4. The highest BCUT2D eigenvalue weighted by molar-refractivity contribution is 14.1. The van der Waals surface area contributed by atoms with Crippen LogP contribution in [0.3, 0.4) is 0 Å². The number of carbonyl (C=O) groups excluding carboxylic acids is 8. The van der Waals surface area contributed by atoms with Crippen LogP contribution in [-0.4, -0.2) is 92.3 Å². The zero-order valence-corrected chi connectivity index (χ0v) is 54.6. The van der Waals surface area contributed by atoms with Gasteiger partial charge in [-0.3, -0.25) is 38.4 Å². The monoisotopic (exact) mass is 1320 g/mol. The molecule has 0 bridgehead atoms. The molecule has 16 nitrogen and oxygen atoms in total. The summed E-state index contributed by atoms with van der Waals surface area (Å²) in [6, 6.07) is 18.3. The molecule has 2 aromatic carbocycles. The smallest absolute Gasteiger partial charge is 0.319 e. The lowest BCUT2D eigenvalue weighted by atomic mass is 9.67. The van der Waals surface area contributed by atoms with Crippen molar-refractivity contribution in [2.45, 2.75) is 202 Å². The Morgan fingerprint density at radius 3 is 1.50 bits per heavy atom. The van der Waals surface area contributed by atoms with Crippen molar-refractivity contribution in [3.8, 4) is 0 Å². The number of halogens is 2. The number of alkyl halides is 2. The van der Waals surface area contributed by atoms with Gasteiger partial charge in [0.1, 0.15) is 29.4 Å². The Labute approximate surface area is 513 Å². The van der Waals surface area contributed by atoms with Crippen LogP contribution in [0.4, 0.5) is 0 Å². The van der Waals surface area contributed by atoms with Crippen LogP contribution >= 0.6 is 38.5 Å². The van der Waals surface area contributed by atoms with Crippen LogP contribution in [0.2, 0.25) is 0 Å². The van der Waals surface area contributed by atoms with E-state index in [-0.39, 0.29) is 60.2 Å². The molecule has 3 N–H and O–H groups in total. The van der Waals surface area contributed by atoms with Gasteiger partial charge >= 0.3 is 11.9 Å². The highest BCUT2D eigenvalue weighted by Gasteiger charge is 2.51. The van der Waals surface area contributed by atoms with Gasteiger partial charge in [0.25, 0.3) is 11.8 Å². The molecule has 2 aliphatic heterocycles. The van der Waals surface area contributed by atoms with E-state index < -0.39 is 22.7 Å². The zero-order chi connectivity index (χ0) is 61.5. The summed E-state index contributed by atoms with van der Waals surface area (Å²) >= 11 is 5.66. The maximum atomic E-state index is 13.0. The van der Waals surface area contributed by atoms with E-state index in [4.69, 9.17) is 15.8 Å². The summed E-state index contributed by atoms with van der Waals surface area (Å²) in [6.07, 6.45) is 24.8. The number of esters is 2. The molecule has 4 atom stereocenters. The third kappa shape index (κ3) is 21.6. The van der Waals surface area contributed by atoms with E-state index in [0.717, 1.165) is 59.4 Å². The molecule has 4 aliphatic carbocycles. The van der Waals surface area contributed by atoms with Crippen LogP contribution in [0.1, 0.15) is 220 Å². The van der Waals surface area contributed by atoms with E-state index in [9.17, 15) is 38.4 Å². The SMILES string of the molecule is CC1=NN(CC(=O)c2ccccc2)C(=O)C1(C)C1CCCCC1.CC1=NNC(=O)C1(C)C1CCCCC1.CCOC(=O)C(C)(C(C)=O)C1CCCCC1.CCOC(=O)C(C)C(C)=O.IC1CCCCC1.N=N.O=C(CBr)c1ccccc1.[HH]. The molecule has 2 heterocycles. The first-order chi connectivity index (χ1) is 39.0. The van der Waals surface area contributed by atoms with Crippen molar-refractivity contribution in [1.29, 1.82) is 11.1 Å². The van der Waals surface area contributed by atoms with Crippen molar-refractivity contribution in [2.24, 2.45) is 50.1 Å². The highest BCUT2D eigenvalue weighted by Crippen LogP contribution is 2.45. The zero-order valence-electron chi connectivity index (χ0n) is 50.8. The number of nitrogens with zero attached hydrogens (tertiary/aromatic N) is 3. The minimum atomic E-state index is -0.920. The minimum absolute atomic E-state index is 0. The lowest BCUT2D eigenvalue weighted by Crippen LogP contribution is -2.44. The van der Waals surface area contributed by atoms with Crippen molar-refractivity contribution >= 4 is 96.8 Å². The predicted molar refractivity (Wildman–Crippen MR) is 338 cm³/mol. The lowest BCUT2D eigenvalue weighted by Gasteiger charge is -2.35. The van der Waals surface area contributed by atoms with Gasteiger partial charge in [0.15, 0.2) is 11.6 Å². The van der Waals surface area contributed by atoms with Gasteiger partial charge in [-0.2, -0.15) is 10.2 Å². The lowest BCUT2D eigenvalue weighted by molar-refractivity contribution is -0.163. The second-order valence-electron chi connectivity index (χ2n) is 22.6. The Hall–Kier alpha value is -4.85. The normalized spacial score (nSPS) is 22.0. The highest BCUT2D eigenvalue weighted by atomic mass is 127. The first kappa shape index (κ1) is 73.3. The van der Waals surface area contributed by atoms with Gasteiger partial charge in [0, 0.05) is 16.5 Å². The van der Waals surface area contributed by atoms with Gasteiger partial charge in [-0.1, -0.05) is 176 Å². The van der Waals surface area contributed by atoms with Crippen molar-refractivity contribution in [1.82, 2.24) is 10.4 Å². The van der Waals surface area contributed by atoms with Crippen molar-refractivity contribution in [3.05, 3.63) is 71.8 Å². The first-order valence-corrected chi connectivity index (χ1v) is 32.1. The second kappa shape index (κ2) is 38.2. The second-order valence-corrected chi connectivity index (χ2v) is 24.9. The minimum Gasteiger partial charge on any atom is -0.465 e. The van der Waals surface area contributed by atoms with Crippen molar-refractivity contribution in [3.63, 3.8) is 0 Å². The number of rotatable bonds is 14. The maximum absolute atomic E-state index is 13.0. The number of Topliss-reactive ketones (excluding diaryl/α,β-unsaturated/α-hetero) is 4. The van der Waals surface area contributed by atoms with E-state index in [1.165, 1.54) is 109 Å². The largest absolute Gasteiger partial charge is 0.465 e. The summed E-state index contributed by atoms with van der Waals surface area (Å²) in [5.74, 6) is -0.428. The Morgan fingerprint density at radius 2 is 1.12 bits per heavy atom. The number of amides is 2. The molecule has 458 valence electrons. The Bertz CT molecular complexity index is 2410. The van der Waals surface area contributed by atoms with Gasteiger partial charge in [-0.15, -0.1) is 0 Å². The summed E-state index contributed by atoms with van der Waals surface area (Å²) in [5, 5.41) is 10.3. The number of benzene rings is 2. The van der Waals surface area contributed by atoms with Crippen LogP contribution in [-0.2, 0) is 38.2 Å². The van der Waals surface area contributed by atoms with Crippen LogP contribution in [0.5, 0.6) is 0 Å². The number of hydrogen-bond acceptors (Lipinski definition) is 14. The van der Waals surface area contributed by atoms with E-state index >= 15 is 0 Å². The van der Waals surface area contributed by atoms with Crippen LogP contribution in [0.15, 0.2) is 70.9 Å². The molecule has 4 unspecified atom stereocenters. The fourth-order valence-electron chi connectivity index (χ4n) is 11.3. The van der Waals surface area contributed by atoms with Gasteiger partial charge in [0.2, 0.25) is 0 Å². The number of ether oxygens (including phenoxy) is 2. The molecule has 4 saturated carbocycles. The molecule has 6 aliphatic rings. The molecule has 0 spiro atoms. The number of hydrogen-bond donors (Lipinski definition) is 3. The molecule has 4 fully saturated rings. The number of nitrogens with one attached hydrogen (secondary N) is 3. The van der Waals surface area contributed by atoms with E-state index in [1.807, 2.05) is 76.2 Å². The van der Waals surface area contributed by atoms with Gasteiger partial charge in [0.05, 0.1) is 40.8 Å². The van der Waals surface area contributed by atoms with Crippen molar-refractivity contribution in [2.75, 3.05) is 25.1 Å². The van der Waals surface area contributed by atoms with Crippen LogP contribution in [0.25, 0.3) is 0 Å². The molecule has 0 aromatic heterocycles. The van der Waals surface area contributed by atoms with Gasteiger partial charge in [-0.05, 0) is 138 Å². The topological polar surface area (TPSA) is 243 Å². The number of carbonyl (C=O) groups is 8. The third-order valence-corrected chi connectivity index (χ3v) is 19.1. The van der Waals surface area contributed by atoms with E-state index in [2.05, 4.69) is 58.9 Å². The average Bonchev–Trinajstić information content (AvgIpc) is 4.05. The molecule has 2 amide bonds. The first-order valence-electron chi connectivity index (χ1n) is 29.7. The Morgan fingerprint density at radius 1 is 0.695 bits per heavy atom. The molecule has 0 radical (unpaired) electrons. The molecular weight excluding hydrogens is 1220 g/mol. The average molecular weight is 1320 g/mol. The van der Waals surface area contributed by atoms with E-state index in [1.54, 1.807) is 39.8 Å². The summed E-state index contributed by atoms with van der Waals surface area (Å²) in [5.41, 5.74) is 14.0. The summed E-state index contributed by atoms with van der Waals surface area (Å²) in [4.78, 5) is 93.1. The molecule has 18 heteroatoms. The molecular formula is C64H98BrIN6O10. The molecule has 0 saturated heterocycles. The van der Waals surface area contributed by atoms with Gasteiger partial charge in [-0.25, -0.2) is 21.5 Å². The van der Waals surface area contributed by atoms with Crippen molar-refractivity contribution < 1.29 is 49.3 Å². The standard InChI is InChI=1S/C19H24N2O2.C13H22O3.C11H18N2O.C8H7BrO.C7H12O3.C6H11I.H2N2.H2/c1-14-19(2,16-11-7-4-8-12-16)18(23)21(20-14)13-17(22)15-9-5-3-6-10-15;1-4-16-12(15)13(3,10(2)14)11-8-6-5-7-9-11;1-8-11(2,10(14)13-12-8)9-6-4-3-5-7-9;9-6-8(10)7-4-2-1-3-5-7;1-4-10-7(9)5(2)6(3)8;7-6-4-2-1-3-5-6;1-2;/h3,5-6,9-10,16H,4,7-8,11-13H2,1-2H3;11H,4-9H2,1-3H3;9H,3-7H2,1-2H3,(H,13,14);1-5H,6H2;5H,4H2,1-3H3;6H,1-5H2;1-2H;1H. The Balaban J connectivity index is 0.000000514. The fraction of sp³-hybridized carbons (Fsp3) is 0.656. The summed E-state index contributed by atoms with van der Waals surface area (Å²) in [7, 11) is 0. The summed E-state index contributed by atoms with van der Waals surface area (Å²) < 4.78 is 10.7. The maximum Gasteiger partial charge on any atom is 0.319 e. The third-order valence-electron chi connectivity index (χ3n) is 17.3. The molecule has 82 heavy (non-hydrogen) atoms. The fourth-order valence-corrected chi connectivity index (χ4v) is 12.5. The Kier molecular flexibility index (Phi) is 34.1. The predicted octanol–water partition coefficient (Wildman–Crippen LogP) is 15.1. The van der Waals surface area contributed by atoms with Crippen LogP contribution in [0, 0.1) is 51.0 Å². The summed E-state index contributed by atoms with van der Waals surface area (Å²) in [6.45, 7) is 18.3. The van der Waals surface area contributed by atoms with E-state index in [0.29, 0.717) is 35.9 Å². The molecule has 2 aromatic rings. The number of hydrazone groups is 2. The van der Waals surface area contributed by atoms with Gasteiger partial charge < -0.3 is 9.47 Å². The molecule has 8 rings (SSSR count).